The molecule has 1 aliphatic rings. The monoisotopic (exact) mass is 389 g/mol. The van der Waals surface area contributed by atoms with Crippen molar-refractivity contribution in [2.75, 3.05) is 18.9 Å². The Morgan fingerprint density at radius 1 is 1.14 bits per heavy atom. The number of ether oxygens (including phenoxy) is 1. The van der Waals surface area contributed by atoms with Crippen molar-refractivity contribution in [3.63, 3.8) is 0 Å². The van der Waals surface area contributed by atoms with Gasteiger partial charge in [-0.15, -0.1) is 0 Å². The van der Waals surface area contributed by atoms with E-state index in [9.17, 15) is 5.11 Å². The molecule has 7 heteroatoms. The third-order valence-corrected chi connectivity index (χ3v) is 5.70. The van der Waals surface area contributed by atoms with E-state index in [1.54, 1.807) is 6.20 Å². The molecule has 7 nitrogen and oxygen atoms in total. The predicted molar refractivity (Wildman–Crippen MR) is 112 cm³/mol. The molecule has 0 radical (unpaired) electrons. The number of pyridine rings is 2. The summed E-state index contributed by atoms with van der Waals surface area (Å²) in [6.07, 6.45) is 5.61. The smallest absolute Gasteiger partial charge is 0.152 e. The number of anilines is 1. The lowest BCUT2D eigenvalue weighted by molar-refractivity contribution is 0.0610. The molecule has 0 spiro atoms. The van der Waals surface area contributed by atoms with Gasteiger partial charge < -0.3 is 20.1 Å². The lowest BCUT2D eigenvalue weighted by atomic mass is 10.00. The zero-order valence-electron chi connectivity index (χ0n) is 16.1. The number of aliphatic hydroxyl groups is 1. The van der Waals surface area contributed by atoms with Crippen molar-refractivity contribution in [1.82, 2.24) is 19.5 Å². The van der Waals surface area contributed by atoms with E-state index in [0.29, 0.717) is 23.1 Å². The van der Waals surface area contributed by atoms with Crippen LogP contribution >= 0.6 is 0 Å². The van der Waals surface area contributed by atoms with Crippen molar-refractivity contribution >= 4 is 27.8 Å². The van der Waals surface area contributed by atoms with Crippen molar-refractivity contribution in [3.8, 4) is 11.1 Å². The Labute approximate surface area is 168 Å². The SMILES string of the molecule is Nc1nc2cc(-c3cccnc3)ccc2c2c1nc(CO)n2CC1CCOCC1. The molecule has 4 aromatic rings. The summed E-state index contributed by atoms with van der Waals surface area (Å²) in [5.41, 5.74) is 10.8. The second-order valence-electron chi connectivity index (χ2n) is 7.52. The minimum absolute atomic E-state index is 0.132. The van der Waals surface area contributed by atoms with Gasteiger partial charge in [0.05, 0.1) is 11.0 Å². The summed E-state index contributed by atoms with van der Waals surface area (Å²) in [6, 6.07) is 10.1. The summed E-state index contributed by atoms with van der Waals surface area (Å²) >= 11 is 0. The van der Waals surface area contributed by atoms with Crippen LogP contribution in [0.15, 0.2) is 42.7 Å². The fourth-order valence-corrected chi connectivity index (χ4v) is 4.18. The second kappa shape index (κ2) is 7.42. The van der Waals surface area contributed by atoms with E-state index in [-0.39, 0.29) is 6.61 Å². The minimum Gasteiger partial charge on any atom is -0.388 e. The third-order valence-electron chi connectivity index (χ3n) is 5.70. The van der Waals surface area contributed by atoms with Crippen molar-refractivity contribution in [2.24, 2.45) is 5.92 Å². The Morgan fingerprint density at radius 3 is 2.76 bits per heavy atom. The maximum Gasteiger partial charge on any atom is 0.152 e. The van der Waals surface area contributed by atoms with Crippen LogP contribution in [0.2, 0.25) is 0 Å². The number of benzene rings is 1. The first-order chi connectivity index (χ1) is 14.2. The Hall–Kier alpha value is -3.03. The van der Waals surface area contributed by atoms with Gasteiger partial charge in [0.2, 0.25) is 0 Å². The molecule has 0 bridgehead atoms. The number of nitrogens with zero attached hydrogens (tertiary/aromatic N) is 4. The molecule has 5 rings (SSSR count). The normalized spacial score (nSPS) is 15.3. The molecule has 1 aromatic carbocycles. The van der Waals surface area contributed by atoms with Crippen molar-refractivity contribution < 1.29 is 9.84 Å². The number of nitrogen functional groups attached to an aromatic ring is 1. The van der Waals surface area contributed by atoms with E-state index < -0.39 is 0 Å². The zero-order valence-corrected chi connectivity index (χ0v) is 16.1. The Morgan fingerprint density at radius 2 is 2.00 bits per heavy atom. The fourth-order valence-electron chi connectivity index (χ4n) is 4.18. The topological polar surface area (TPSA) is 99.1 Å². The van der Waals surface area contributed by atoms with E-state index in [1.165, 1.54) is 0 Å². The number of nitrogens with two attached hydrogens (primary N) is 1. The molecular weight excluding hydrogens is 366 g/mol. The summed E-state index contributed by atoms with van der Waals surface area (Å²) in [7, 11) is 0. The van der Waals surface area contributed by atoms with Gasteiger partial charge in [-0.25, -0.2) is 9.97 Å². The van der Waals surface area contributed by atoms with Gasteiger partial charge in [-0.1, -0.05) is 18.2 Å². The zero-order chi connectivity index (χ0) is 19.8. The van der Waals surface area contributed by atoms with E-state index >= 15 is 0 Å². The molecule has 0 aliphatic carbocycles. The number of aromatic nitrogens is 4. The summed E-state index contributed by atoms with van der Waals surface area (Å²) in [5, 5.41) is 10.9. The molecule has 3 aromatic heterocycles. The second-order valence-corrected chi connectivity index (χ2v) is 7.52. The summed E-state index contributed by atoms with van der Waals surface area (Å²) in [5.74, 6) is 1.51. The first-order valence-corrected chi connectivity index (χ1v) is 9.92. The van der Waals surface area contributed by atoms with Crippen LogP contribution in [-0.2, 0) is 17.9 Å². The molecule has 0 atom stereocenters. The maximum atomic E-state index is 9.93. The van der Waals surface area contributed by atoms with Crippen LogP contribution in [-0.4, -0.2) is 37.8 Å². The first kappa shape index (κ1) is 18.0. The van der Waals surface area contributed by atoms with Crippen LogP contribution < -0.4 is 5.73 Å². The van der Waals surface area contributed by atoms with Crippen LogP contribution in [0.3, 0.4) is 0 Å². The standard InChI is InChI=1S/C22H23N5O2/c23-22-20-21(27(19(13-28)26-20)12-14-5-8-29-9-6-14)17-4-3-15(10-18(17)25-22)16-2-1-7-24-11-16/h1-4,7,10-11,14,28H,5-6,8-9,12-13H2,(H2,23,25). The van der Waals surface area contributed by atoms with E-state index in [0.717, 1.165) is 60.1 Å². The van der Waals surface area contributed by atoms with Gasteiger partial charge in [-0.05, 0) is 36.5 Å². The van der Waals surface area contributed by atoms with E-state index in [1.807, 2.05) is 24.4 Å². The molecule has 0 unspecified atom stereocenters. The minimum atomic E-state index is -0.132. The fraction of sp³-hybridized carbons (Fsp3) is 0.318. The van der Waals surface area contributed by atoms with Crippen molar-refractivity contribution in [3.05, 3.63) is 48.5 Å². The molecule has 0 saturated carbocycles. The molecule has 1 aliphatic heterocycles. The third kappa shape index (κ3) is 3.22. The van der Waals surface area contributed by atoms with Crippen LogP contribution in [0.1, 0.15) is 18.7 Å². The quantitative estimate of drug-likeness (QED) is 0.556. The highest BCUT2D eigenvalue weighted by atomic mass is 16.5. The largest absolute Gasteiger partial charge is 0.388 e. The molecule has 29 heavy (non-hydrogen) atoms. The van der Waals surface area contributed by atoms with Gasteiger partial charge in [0.25, 0.3) is 0 Å². The van der Waals surface area contributed by atoms with E-state index in [2.05, 4.69) is 31.7 Å². The molecule has 1 fully saturated rings. The highest BCUT2D eigenvalue weighted by molar-refractivity contribution is 6.07. The van der Waals surface area contributed by atoms with Crippen molar-refractivity contribution in [2.45, 2.75) is 26.0 Å². The number of hydrogen-bond acceptors (Lipinski definition) is 6. The van der Waals surface area contributed by atoms with Gasteiger partial charge in [0.1, 0.15) is 17.9 Å². The van der Waals surface area contributed by atoms with Crippen LogP contribution in [0.25, 0.3) is 33.1 Å². The van der Waals surface area contributed by atoms with Gasteiger partial charge in [0, 0.05) is 43.1 Å². The Bertz CT molecular complexity index is 1170. The van der Waals surface area contributed by atoms with Crippen molar-refractivity contribution in [1.29, 1.82) is 0 Å². The number of rotatable bonds is 4. The molecule has 3 N–H and O–H groups in total. The van der Waals surface area contributed by atoms with Gasteiger partial charge >= 0.3 is 0 Å². The molecule has 0 amide bonds. The molecule has 148 valence electrons. The van der Waals surface area contributed by atoms with Crippen LogP contribution in [0.4, 0.5) is 5.82 Å². The van der Waals surface area contributed by atoms with Crippen LogP contribution in [0.5, 0.6) is 0 Å². The van der Waals surface area contributed by atoms with Gasteiger partial charge in [-0.3, -0.25) is 4.98 Å². The number of aliphatic hydroxyl groups excluding tert-OH is 1. The summed E-state index contributed by atoms with van der Waals surface area (Å²) in [6.45, 7) is 2.22. The number of hydrogen-bond donors (Lipinski definition) is 2. The lowest BCUT2D eigenvalue weighted by Crippen LogP contribution is -2.21. The van der Waals surface area contributed by atoms with Crippen LogP contribution in [0, 0.1) is 5.92 Å². The molecule has 4 heterocycles. The van der Waals surface area contributed by atoms with Gasteiger partial charge in [-0.2, -0.15) is 0 Å². The lowest BCUT2D eigenvalue weighted by Gasteiger charge is -2.23. The summed E-state index contributed by atoms with van der Waals surface area (Å²) in [4.78, 5) is 13.4. The van der Waals surface area contributed by atoms with Gasteiger partial charge in [0.15, 0.2) is 5.82 Å². The average molecular weight is 389 g/mol. The predicted octanol–water partition coefficient (Wildman–Crippen LogP) is 3.15. The number of fused-ring (bicyclic) bond motifs is 3. The Balaban J connectivity index is 1.69. The highest BCUT2D eigenvalue weighted by Crippen LogP contribution is 2.33. The first-order valence-electron chi connectivity index (χ1n) is 9.92. The molecular formula is C22H23N5O2. The Kier molecular flexibility index (Phi) is 4.61. The maximum absolute atomic E-state index is 9.93. The highest BCUT2D eigenvalue weighted by Gasteiger charge is 2.21. The van der Waals surface area contributed by atoms with E-state index in [4.69, 9.17) is 10.5 Å². The average Bonchev–Trinajstić information content (AvgIpc) is 3.14. The number of imidazole rings is 1. The summed E-state index contributed by atoms with van der Waals surface area (Å²) < 4.78 is 7.62. The molecule has 1 saturated heterocycles.